The van der Waals surface area contributed by atoms with Gasteiger partial charge in [0.15, 0.2) is 0 Å². The van der Waals surface area contributed by atoms with E-state index in [1.165, 1.54) is 13.2 Å². The third kappa shape index (κ3) is 4.56. The van der Waals surface area contributed by atoms with E-state index in [0.29, 0.717) is 27.4 Å². The number of fused-ring (bicyclic) bond motifs is 3. The van der Waals surface area contributed by atoms with Crippen molar-refractivity contribution in [2.24, 2.45) is 0 Å². The number of ether oxygens (including phenoxy) is 2. The highest BCUT2D eigenvalue weighted by Crippen LogP contribution is 2.45. The minimum Gasteiger partial charge on any atom is -0.497 e. The molecule has 2 aromatic carbocycles. The average Bonchev–Trinajstić information content (AvgIpc) is 2.90. The summed E-state index contributed by atoms with van der Waals surface area (Å²) in [6.07, 6.45) is 1.56. The van der Waals surface area contributed by atoms with E-state index in [2.05, 4.69) is 11.1 Å². The van der Waals surface area contributed by atoms with Crippen LogP contribution in [0.15, 0.2) is 69.2 Å². The third-order valence-corrected chi connectivity index (χ3v) is 6.49. The van der Waals surface area contributed by atoms with Gasteiger partial charge in [-0.3, -0.25) is 0 Å². The molecule has 37 heavy (non-hydrogen) atoms. The van der Waals surface area contributed by atoms with Crippen molar-refractivity contribution in [1.29, 1.82) is 5.26 Å². The van der Waals surface area contributed by atoms with Gasteiger partial charge in [-0.25, -0.2) is 14.2 Å². The highest BCUT2D eigenvalue weighted by Gasteiger charge is 2.36. The molecular weight excluding hydrogens is 495 g/mol. The predicted molar refractivity (Wildman–Crippen MR) is 141 cm³/mol. The first-order valence-electron chi connectivity index (χ1n) is 11.7. The van der Waals surface area contributed by atoms with E-state index in [1.54, 1.807) is 43.5 Å². The molecule has 0 amide bonds. The zero-order valence-corrected chi connectivity index (χ0v) is 21.7. The zero-order valence-electron chi connectivity index (χ0n) is 21.0. The summed E-state index contributed by atoms with van der Waals surface area (Å²) in [6, 6.07) is 13.5. The topological polar surface area (TPSA) is 85.4 Å². The minimum atomic E-state index is -0.995. The number of methoxy groups -OCH3 is 1. The lowest BCUT2D eigenvalue weighted by molar-refractivity contribution is 0.392. The summed E-state index contributed by atoms with van der Waals surface area (Å²) in [5.74, 6) is -0.546. The summed E-state index contributed by atoms with van der Waals surface area (Å²) >= 11 is 6.01. The van der Waals surface area contributed by atoms with Gasteiger partial charge in [0.2, 0.25) is 0 Å². The van der Waals surface area contributed by atoms with Crippen LogP contribution in [0.2, 0.25) is 5.15 Å². The number of nitrogens with zero attached hydrogens (tertiary/aromatic N) is 2. The van der Waals surface area contributed by atoms with Crippen molar-refractivity contribution in [3.63, 3.8) is 0 Å². The fourth-order valence-corrected chi connectivity index (χ4v) is 4.42. The SMILES string of the molecule is CC.COc1ccc2c3c(c(=O)oc2c1)C(c1ccc(-c2cnc(Cl)c(C)c2)cc1F)C(C#N)=C(C)O3. The molecule has 3 heterocycles. The second kappa shape index (κ2) is 10.5. The molecule has 1 aliphatic heterocycles. The Morgan fingerprint density at radius 2 is 1.86 bits per heavy atom. The Hall–Kier alpha value is -4.15. The van der Waals surface area contributed by atoms with Crippen LogP contribution in [0.3, 0.4) is 0 Å². The summed E-state index contributed by atoms with van der Waals surface area (Å²) in [6.45, 7) is 7.43. The molecule has 1 atom stereocenters. The molecule has 188 valence electrons. The van der Waals surface area contributed by atoms with E-state index in [0.717, 1.165) is 5.56 Å². The molecule has 8 heteroatoms. The Balaban J connectivity index is 0.00000156. The van der Waals surface area contributed by atoms with E-state index in [-0.39, 0.29) is 33.8 Å². The Bertz CT molecular complexity index is 1650. The fraction of sp³-hybridized carbons (Fsp3) is 0.207. The smallest absolute Gasteiger partial charge is 0.344 e. The second-order valence-electron chi connectivity index (χ2n) is 8.18. The molecule has 6 nitrogen and oxygen atoms in total. The largest absolute Gasteiger partial charge is 0.497 e. The number of nitriles is 1. The number of hydrogen-bond acceptors (Lipinski definition) is 6. The van der Waals surface area contributed by atoms with Gasteiger partial charge in [0.25, 0.3) is 0 Å². The van der Waals surface area contributed by atoms with E-state index in [1.807, 2.05) is 26.8 Å². The maximum Gasteiger partial charge on any atom is 0.344 e. The second-order valence-corrected chi connectivity index (χ2v) is 8.54. The summed E-state index contributed by atoms with van der Waals surface area (Å²) in [5, 5.41) is 10.8. The predicted octanol–water partition coefficient (Wildman–Crippen LogP) is 7.31. The van der Waals surface area contributed by atoms with Crippen LogP contribution in [0.4, 0.5) is 4.39 Å². The van der Waals surface area contributed by atoms with Crippen LogP contribution in [-0.2, 0) is 0 Å². The van der Waals surface area contributed by atoms with E-state index < -0.39 is 17.4 Å². The van der Waals surface area contributed by atoms with Crippen molar-refractivity contribution >= 4 is 22.6 Å². The molecule has 0 saturated carbocycles. The van der Waals surface area contributed by atoms with Gasteiger partial charge in [0, 0.05) is 23.4 Å². The molecule has 4 aromatic rings. The highest BCUT2D eigenvalue weighted by atomic mass is 35.5. The molecule has 0 spiro atoms. The number of hydrogen-bond donors (Lipinski definition) is 0. The lowest BCUT2D eigenvalue weighted by atomic mass is 9.82. The first-order chi connectivity index (χ1) is 17.8. The van der Waals surface area contributed by atoms with E-state index in [9.17, 15) is 10.1 Å². The lowest BCUT2D eigenvalue weighted by Crippen LogP contribution is -2.23. The first-order valence-corrected chi connectivity index (χ1v) is 12.1. The number of pyridine rings is 1. The van der Waals surface area contributed by atoms with Gasteiger partial charge in [0.1, 0.15) is 33.8 Å². The molecule has 0 saturated heterocycles. The number of halogens is 2. The maximum absolute atomic E-state index is 15.6. The van der Waals surface area contributed by atoms with Crippen LogP contribution < -0.4 is 15.1 Å². The van der Waals surface area contributed by atoms with Crippen LogP contribution in [-0.4, -0.2) is 12.1 Å². The quantitative estimate of drug-likeness (QED) is 0.209. The Kier molecular flexibility index (Phi) is 7.33. The number of rotatable bonds is 3. The molecule has 0 fully saturated rings. The van der Waals surface area contributed by atoms with Crippen LogP contribution in [0.1, 0.15) is 43.4 Å². The van der Waals surface area contributed by atoms with Gasteiger partial charge in [0.05, 0.1) is 35.6 Å². The number of allylic oxidation sites excluding steroid dienone is 2. The average molecular weight is 519 g/mol. The number of aromatic nitrogens is 1. The molecule has 5 rings (SSSR count). The Labute approximate surface area is 218 Å². The molecule has 0 radical (unpaired) electrons. The Morgan fingerprint density at radius 1 is 1.11 bits per heavy atom. The van der Waals surface area contributed by atoms with Gasteiger partial charge in [-0.1, -0.05) is 37.6 Å². The first kappa shape index (κ1) is 25.9. The number of aryl methyl sites for hydroxylation is 1. The summed E-state index contributed by atoms with van der Waals surface area (Å²) in [7, 11) is 1.50. The fourth-order valence-electron chi connectivity index (χ4n) is 4.32. The summed E-state index contributed by atoms with van der Waals surface area (Å²) < 4.78 is 32.3. The lowest BCUT2D eigenvalue weighted by Gasteiger charge is -2.27. The molecule has 2 aromatic heterocycles. The van der Waals surface area contributed by atoms with Crippen molar-refractivity contribution in [3.8, 4) is 28.7 Å². The van der Waals surface area contributed by atoms with Crippen molar-refractivity contribution in [2.45, 2.75) is 33.6 Å². The van der Waals surface area contributed by atoms with Crippen LogP contribution in [0.25, 0.3) is 22.1 Å². The molecule has 0 bridgehead atoms. The van der Waals surface area contributed by atoms with E-state index >= 15 is 4.39 Å². The van der Waals surface area contributed by atoms with Crippen molar-refractivity contribution in [3.05, 3.63) is 98.1 Å². The zero-order chi connectivity index (χ0) is 26.9. The molecular formula is C29H24ClFN2O4. The third-order valence-electron chi connectivity index (χ3n) is 6.09. The van der Waals surface area contributed by atoms with Gasteiger partial charge in [-0.15, -0.1) is 0 Å². The highest BCUT2D eigenvalue weighted by molar-refractivity contribution is 6.30. The van der Waals surface area contributed by atoms with E-state index in [4.69, 9.17) is 25.5 Å². The van der Waals surface area contributed by atoms with Crippen LogP contribution >= 0.6 is 11.6 Å². The summed E-state index contributed by atoms with van der Waals surface area (Å²) in [4.78, 5) is 17.3. The summed E-state index contributed by atoms with van der Waals surface area (Å²) in [5.41, 5.74) is 1.95. The molecule has 0 N–H and O–H groups in total. The van der Waals surface area contributed by atoms with Crippen molar-refractivity contribution in [2.75, 3.05) is 7.11 Å². The number of benzene rings is 2. The van der Waals surface area contributed by atoms with Crippen LogP contribution in [0.5, 0.6) is 11.5 Å². The molecule has 1 unspecified atom stereocenters. The van der Waals surface area contributed by atoms with Crippen molar-refractivity contribution < 1.29 is 18.3 Å². The molecule has 1 aliphatic rings. The normalized spacial score (nSPS) is 14.3. The van der Waals surface area contributed by atoms with Gasteiger partial charge in [-0.05, 0) is 49.2 Å². The van der Waals surface area contributed by atoms with Crippen LogP contribution in [0, 0.1) is 24.1 Å². The van der Waals surface area contributed by atoms with Crippen molar-refractivity contribution in [1.82, 2.24) is 4.98 Å². The Morgan fingerprint density at radius 3 is 2.51 bits per heavy atom. The van der Waals surface area contributed by atoms with Gasteiger partial charge >= 0.3 is 5.63 Å². The maximum atomic E-state index is 15.6. The monoisotopic (exact) mass is 518 g/mol. The molecule has 0 aliphatic carbocycles. The van der Waals surface area contributed by atoms with Gasteiger partial charge < -0.3 is 13.9 Å². The van der Waals surface area contributed by atoms with Gasteiger partial charge in [-0.2, -0.15) is 5.26 Å². The standard InChI is InChI=1S/C27H18ClFN2O4.C2H6/c1-13-8-16(12-31-26(13)28)15-4-6-18(21(29)9-15)23-20(11-30)14(2)34-25-19-7-5-17(33-3)10-22(19)35-27(32)24(23)25;1-2/h4-10,12,23H,1-3H3;1-2H3. The minimum absolute atomic E-state index is 0.0699.